The lowest BCUT2D eigenvalue weighted by Crippen LogP contribution is -2.49. The third-order valence-corrected chi connectivity index (χ3v) is 4.08. The standard InChI is InChI=1S/C15H27N3O2/c1-3-5-9-18-10-6-7-15(12-18)11-13(17-20-15)14(19)16-8-4-2/h3-12H2,1-2H3,(H,16,19). The summed E-state index contributed by atoms with van der Waals surface area (Å²) in [6.07, 6.45) is 6.17. The minimum Gasteiger partial charge on any atom is -0.387 e. The molecule has 1 N–H and O–H groups in total. The van der Waals surface area contributed by atoms with Gasteiger partial charge in [-0.15, -0.1) is 0 Å². The van der Waals surface area contributed by atoms with Crippen LogP contribution in [0.25, 0.3) is 0 Å². The molecular formula is C15H27N3O2. The van der Waals surface area contributed by atoms with Crippen LogP contribution in [0.15, 0.2) is 5.16 Å². The van der Waals surface area contributed by atoms with Crippen LogP contribution in [-0.2, 0) is 9.63 Å². The summed E-state index contributed by atoms with van der Waals surface area (Å²) in [5.41, 5.74) is 0.320. The van der Waals surface area contributed by atoms with Gasteiger partial charge in [-0.2, -0.15) is 0 Å². The number of carbonyl (C=O) groups is 1. The van der Waals surface area contributed by atoms with Gasteiger partial charge in [0.2, 0.25) is 0 Å². The Morgan fingerprint density at radius 1 is 1.45 bits per heavy atom. The molecule has 2 rings (SSSR count). The molecule has 0 saturated carbocycles. The van der Waals surface area contributed by atoms with Crippen LogP contribution in [0.4, 0.5) is 0 Å². The molecule has 0 radical (unpaired) electrons. The van der Waals surface area contributed by atoms with Crippen molar-refractivity contribution in [3.05, 3.63) is 0 Å². The number of rotatable bonds is 6. The second kappa shape index (κ2) is 7.07. The molecule has 0 bridgehead atoms. The molecule has 5 heteroatoms. The third-order valence-electron chi connectivity index (χ3n) is 4.08. The van der Waals surface area contributed by atoms with E-state index in [0.29, 0.717) is 18.7 Å². The van der Waals surface area contributed by atoms with Crippen molar-refractivity contribution in [1.82, 2.24) is 10.2 Å². The maximum Gasteiger partial charge on any atom is 0.269 e. The normalized spacial score (nSPS) is 26.4. The zero-order valence-electron chi connectivity index (χ0n) is 12.8. The van der Waals surface area contributed by atoms with Crippen molar-refractivity contribution in [2.24, 2.45) is 5.16 Å². The number of piperidine rings is 1. The monoisotopic (exact) mass is 281 g/mol. The fourth-order valence-corrected chi connectivity index (χ4v) is 2.97. The number of nitrogens with one attached hydrogen (secondary N) is 1. The largest absolute Gasteiger partial charge is 0.387 e. The number of oxime groups is 1. The van der Waals surface area contributed by atoms with Gasteiger partial charge in [0.25, 0.3) is 5.91 Å². The van der Waals surface area contributed by atoms with Crippen LogP contribution < -0.4 is 5.32 Å². The molecule has 0 aromatic rings. The molecule has 5 nitrogen and oxygen atoms in total. The molecule has 1 fully saturated rings. The topological polar surface area (TPSA) is 53.9 Å². The van der Waals surface area contributed by atoms with Crippen LogP contribution in [0, 0.1) is 0 Å². The van der Waals surface area contributed by atoms with Crippen molar-refractivity contribution < 1.29 is 9.63 Å². The zero-order chi connectivity index (χ0) is 14.4. The second-order valence-electron chi connectivity index (χ2n) is 5.98. The number of hydrogen-bond acceptors (Lipinski definition) is 4. The molecule has 1 saturated heterocycles. The van der Waals surface area contributed by atoms with Crippen LogP contribution in [0.3, 0.4) is 0 Å². The van der Waals surface area contributed by atoms with Gasteiger partial charge in [0.05, 0.1) is 0 Å². The van der Waals surface area contributed by atoms with Gasteiger partial charge in [0, 0.05) is 19.5 Å². The van der Waals surface area contributed by atoms with Gasteiger partial charge >= 0.3 is 0 Å². The second-order valence-corrected chi connectivity index (χ2v) is 5.98. The highest BCUT2D eigenvalue weighted by Crippen LogP contribution is 2.33. The lowest BCUT2D eigenvalue weighted by atomic mass is 9.88. The van der Waals surface area contributed by atoms with E-state index in [1.165, 1.54) is 12.8 Å². The van der Waals surface area contributed by atoms with Crippen molar-refractivity contribution in [3.63, 3.8) is 0 Å². The third kappa shape index (κ3) is 3.72. The van der Waals surface area contributed by atoms with Gasteiger partial charge in [0.15, 0.2) is 5.60 Å². The quantitative estimate of drug-likeness (QED) is 0.809. The summed E-state index contributed by atoms with van der Waals surface area (Å²) in [5, 5.41) is 6.94. The van der Waals surface area contributed by atoms with Gasteiger partial charge in [-0.1, -0.05) is 25.4 Å². The van der Waals surface area contributed by atoms with E-state index in [0.717, 1.165) is 38.9 Å². The van der Waals surface area contributed by atoms with E-state index < -0.39 is 0 Å². The van der Waals surface area contributed by atoms with E-state index in [2.05, 4.69) is 22.3 Å². The van der Waals surface area contributed by atoms with Gasteiger partial charge in [-0.25, -0.2) is 0 Å². The van der Waals surface area contributed by atoms with Gasteiger partial charge < -0.3 is 10.2 Å². The zero-order valence-corrected chi connectivity index (χ0v) is 12.8. The average molecular weight is 281 g/mol. The smallest absolute Gasteiger partial charge is 0.269 e. The molecule has 1 unspecified atom stereocenters. The molecule has 1 amide bonds. The summed E-state index contributed by atoms with van der Waals surface area (Å²) in [7, 11) is 0. The first-order chi connectivity index (χ1) is 9.69. The highest BCUT2D eigenvalue weighted by molar-refractivity contribution is 6.39. The number of nitrogens with zero attached hydrogens (tertiary/aromatic N) is 2. The maximum absolute atomic E-state index is 11.9. The molecule has 1 spiro atoms. The predicted octanol–water partition coefficient (Wildman–Crippen LogP) is 1.92. The number of likely N-dealkylation sites (tertiary alicyclic amines) is 1. The molecule has 2 aliphatic rings. The fourth-order valence-electron chi connectivity index (χ4n) is 2.97. The van der Waals surface area contributed by atoms with Crippen LogP contribution in [0.5, 0.6) is 0 Å². The molecule has 0 aromatic carbocycles. The van der Waals surface area contributed by atoms with Crippen molar-refractivity contribution in [3.8, 4) is 0 Å². The highest BCUT2D eigenvalue weighted by atomic mass is 16.7. The molecule has 0 aromatic heterocycles. The molecular weight excluding hydrogens is 254 g/mol. The van der Waals surface area contributed by atoms with E-state index >= 15 is 0 Å². The van der Waals surface area contributed by atoms with E-state index in [1.807, 2.05) is 6.92 Å². The SMILES string of the molecule is CCCCN1CCCC2(CC(C(=O)NCCC)=NO2)C1. The van der Waals surface area contributed by atoms with Crippen molar-refractivity contribution in [2.45, 2.75) is 58.0 Å². The first-order valence-electron chi connectivity index (χ1n) is 7.95. The highest BCUT2D eigenvalue weighted by Gasteiger charge is 2.44. The minimum atomic E-state index is -0.245. The van der Waals surface area contributed by atoms with Crippen molar-refractivity contribution in [1.29, 1.82) is 0 Å². The molecule has 114 valence electrons. The molecule has 1 atom stereocenters. The van der Waals surface area contributed by atoms with Gasteiger partial charge in [0.1, 0.15) is 5.71 Å². The first-order valence-corrected chi connectivity index (χ1v) is 7.95. The fraction of sp³-hybridized carbons (Fsp3) is 0.867. The average Bonchev–Trinajstić information content (AvgIpc) is 2.86. The lowest BCUT2D eigenvalue weighted by Gasteiger charge is -2.38. The van der Waals surface area contributed by atoms with Crippen molar-refractivity contribution in [2.75, 3.05) is 26.2 Å². The summed E-state index contributed by atoms with van der Waals surface area (Å²) in [6.45, 7) is 8.13. The van der Waals surface area contributed by atoms with Crippen LogP contribution in [0.2, 0.25) is 0 Å². The Morgan fingerprint density at radius 3 is 3.05 bits per heavy atom. The van der Waals surface area contributed by atoms with E-state index in [4.69, 9.17) is 4.84 Å². The number of carbonyl (C=O) groups excluding carboxylic acids is 1. The Labute approximate surface area is 121 Å². The predicted molar refractivity (Wildman–Crippen MR) is 79.8 cm³/mol. The Hall–Kier alpha value is -1.10. The lowest BCUT2D eigenvalue weighted by molar-refractivity contribution is -0.114. The Balaban J connectivity index is 1.86. The number of amides is 1. The summed E-state index contributed by atoms with van der Waals surface area (Å²) in [6, 6.07) is 0. The summed E-state index contributed by atoms with van der Waals surface area (Å²) in [5.74, 6) is -0.0607. The van der Waals surface area contributed by atoms with Crippen molar-refractivity contribution >= 4 is 11.6 Å². The minimum absolute atomic E-state index is 0.0607. The van der Waals surface area contributed by atoms with Gasteiger partial charge in [-0.3, -0.25) is 9.69 Å². The van der Waals surface area contributed by atoms with Crippen LogP contribution >= 0.6 is 0 Å². The summed E-state index contributed by atoms with van der Waals surface area (Å²) < 4.78 is 0. The maximum atomic E-state index is 11.9. The summed E-state index contributed by atoms with van der Waals surface area (Å²) in [4.78, 5) is 20.1. The van der Waals surface area contributed by atoms with E-state index in [-0.39, 0.29) is 11.5 Å². The molecule has 20 heavy (non-hydrogen) atoms. The van der Waals surface area contributed by atoms with Crippen LogP contribution in [-0.4, -0.2) is 48.3 Å². The number of unbranched alkanes of at least 4 members (excludes halogenated alkanes) is 1. The molecule has 2 heterocycles. The van der Waals surface area contributed by atoms with E-state index in [1.54, 1.807) is 0 Å². The number of hydrogen-bond donors (Lipinski definition) is 1. The molecule has 0 aliphatic carbocycles. The molecule has 2 aliphatic heterocycles. The van der Waals surface area contributed by atoms with E-state index in [9.17, 15) is 4.79 Å². The summed E-state index contributed by atoms with van der Waals surface area (Å²) >= 11 is 0. The van der Waals surface area contributed by atoms with Crippen LogP contribution in [0.1, 0.15) is 52.4 Å². The Bertz CT molecular complexity index is 370. The Morgan fingerprint density at radius 2 is 2.30 bits per heavy atom. The Kier molecular flexibility index (Phi) is 5.40. The van der Waals surface area contributed by atoms with Gasteiger partial charge in [-0.05, 0) is 38.8 Å². The first kappa shape index (κ1) is 15.3.